The molecule has 1 aliphatic rings. The number of ether oxygens (including phenoxy) is 2. The number of hydrogen-bond donors (Lipinski definition) is 1. The average Bonchev–Trinajstić information content (AvgIpc) is 2.94. The van der Waals surface area contributed by atoms with Crippen LogP contribution in [0.15, 0.2) is 18.2 Å². The highest BCUT2D eigenvalue weighted by Gasteiger charge is 2.30. The van der Waals surface area contributed by atoms with Gasteiger partial charge in [-0.25, -0.2) is 4.79 Å². The Kier molecular flexibility index (Phi) is 7.10. The summed E-state index contributed by atoms with van der Waals surface area (Å²) in [4.78, 5) is 25.6. The fraction of sp³-hybridized carbons (Fsp3) is 0.579. The number of hydrogen-bond acceptors (Lipinski definition) is 5. The van der Waals surface area contributed by atoms with Crippen LogP contribution in [0.4, 0.5) is 10.5 Å². The number of carbonyl (C=O) groups excluding carboxylic acids is 2. The number of benzene rings is 1. The van der Waals surface area contributed by atoms with Gasteiger partial charge in [0.1, 0.15) is 5.75 Å². The molecule has 1 aliphatic heterocycles. The first-order chi connectivity index (χ1) is 12.1. The molecule has 6 nitrogen and oxygen atoms in total. The standard InChI is InChI=1S/C19H28N2O4/c1-4-5-6-12-20-19(23)25-16-9-7-8-15-18(16)14(13-21(15)2)10-11-17(22)24-3/h7-9,14H,4-6,10-13H2,1-3H3,(H,20,23). The van der Waals surface area contributed by atoms with Crippen LogP contribution in [0.2, 0.25) is 0 Å². The van der Waals surface area contributed by atoms with Gasteiger partial charge in [0.05, 0.1) is 7.11 Å². The van der Waals surface area contributed by atoms with E-state index in [1.165, 1.54) is 7.11 Å². The number of amides is 1. The Morgan fingerprint density at radius 3 is 2.84 bits per heavy atom. The lowest BCUT2D eigenvalue weighted by Gasteiger charge is -2.14. The highest BCUT2D eigenvalue weighted by Crippen LogP contribution is 2.43. The SMILES string of the molecule is CCCCCNC(=O)Oc1cccc2c1C(CCC(=O)OC)CN2C. The van der Waals surface area contributed by atoms with Gasteiger partial charge in [-0.1, -0.05) is 25.8 Å². The Balaban J connectivity index is 2.05. The Morgan fingerprint density at radius 1 is 1.32 bits per heavy atom. The van der Waals surface area contributed by atoms with Crippen molar-refractivity contribution in [3.8, 4) is 5.75 Å². The van der Waals surface area contributed by atoms with Gasteiger partial charge in [0.2, 0.25) is 0 Å². The zero-order chi connectivity index (χ0) is 18.2. The van der Waals surface area contributed by atoms with E-state index in [-0.39, 0.29) is 11.9 Å². The average molecular weight is 348 g/mol. The molecule has 1 N–H and O–H groups in total. The summed E-state index contributed by atoms with van der Waals surface area (Å²) >= 11 is 0. The number of likely N-dealkylation sites (N-methyl/N-ethyl adjacent to an activating group) is 1. The lowest BCUT2D eigenvalue weighted by Crippen LogP contribution is -2.28. The maximum absolute atomic E-state index is 12.1. The molecule has 0 saturated carbocycles. The van der Waals surface area contributed by atoms with Crippen molar-refractivity contribution in [2.75, 3.05) is 32.1 Å². The first kappa shape index (κ1) is 19.1. The van der Waals surface area contributed by atoms with Gasteiger partial charge in [-0.05, 0) is 25.0 Å². The second-order valence-corrected chi connectivity index (χ2v) is 6.40. The lowest BCUT2D eigenvalue weighted by molar-refractivity contribution is -0.140. The van der Waals surface area contributed by atoms with Gasteiger partial charge < -0.3 is 19.7 Å². The zero-order valence-electron chi connectivity index (χ0n) is 15.3. The van der Waals surface area contributed by atoms with Crippen LogP contribution >= 0.6 is 0 Å². The summed E-state index contributed by atoms with van der Waals surface area (Å²) in [5.41, 5.74) is 2.05. The van der Waals surface area contributed by atoms with Crippen LogP contribution in [0.5, 0.6) is 5.75 Å². The summed E-state index contributed by atoms with van der Waals surface area (Å²) in [6.07, 6.45) is 3.74. The van der Waals surface area contributed by atoms with Crippen LogP contribution in [-0.4, -0.2) is 39.3 Å². The number of unbranched alkanes of at least 4 members (excludes halogenated alkanes) is 2. The number of rotatable bonds is 8. The summed E-state index contributed by atoms with van der Waals surface area (Å²) in [7, 11) is 3.40. The van der Waals surface area contributed by atoms with Crippen molar-refractivity contribution < 1.29 is 19.1 Å². The monoisotopic (exact) mass is 348 g/mol. The van der Waals surface area contributed by atoms with E-state index in [9.17, 15) is 9.59 Å². The molecule has 0 fully saturated rings. The molecular weight excluding hydrogens is 320 g/mol. The molecule has 0 spiro atoms. The van der Waals surface area contributed by atoms with Crippen molar-refractivity contribution >= 4 is 17.7 Å². The summed E-state index contributed by atoms with van der Waals surface area (Å²) in [5.74, 6) is 0.496. The minimum Gasteiger partial charge on any atom is -0.469 e. The first-order valence-corrected chi connectivity index (χ1v) is 8.93. The zero-order valence-corrected chi connectivity index (χ0v) is 15.3. The fourth-order valence-electron chi connectivity index (χ4n) is 3.22. The van der Waals surface area contributed by atoms with Gasteiger partial charge in [0.25, 0.3) is 0 Å². The van der Waals surface area contributed by atoms with E-state index >= 15 is 0 Å². The fourth-order valence-corrected chi connectivity index (χ4v) is 3.22. The molecule has 0 bridgehead atoms. The molecular formula is C19H28N2O4. The number of nitrogens with one attached hydrogen (secondary N) is 1. The number of methoxy groups -OCH3 is 1. The maximum Gasteiger partial charge on any atom is 0.412 e. The second kappa shape index (κ2) is 9.30. The molecule has 0 aliphatic carbocycles. The van der Waals surface area contributed by atoms with Crippen molar-refractivity contribution in [1.29, 1.82) is 0 Å². The van der Waals surface area contributed by atoms with E-state index in [1.807, 2.05) is 25.2 Å². The third-order valence-electron chi connectivity index (χ3n) is 4.53. The highest BCUT2D eigenvalue weighted by molar-refractivity contribution is 5.74. The molecule has 0 saturated heterocycles. The van der Waals surface area contributed by atoms with E-state index in [4.69, 9.17) is 9.47 Å². The van der Waals surface area contributed by atoms with E-state index in [2.05, 4.69) is 17.1 Å². The van der Waals surface area contributed by atoms with Crippen LogP contribution in [0.1, 0.15) is 50.5 Å². The molecule has 1 aromatic rings. The minimum atomic E-state index is -0.425. The van der Waals surface area contributed by atoms with Gasteiger partial charge in [0.15, 0.2) is 0 Å². The largest absolute Gasteiger partial charge is 0.469 e. The normalized spacial score (nSPS) is 15.6. The summed E-state index contributed by atoms with van der Waals surface area (Å²) in [6.45, 7) is 3.54. The van der Waals surface area contributed by atoms with Crippen molar-refractivity contribution in [2.24, 2.45) is 0 Å². The summed E-state index contributed by atoms with van der Waals surface area (Å²) in [6, 6.07) is 5.71. The maximum atomic E-state index is 12.1. The van der Waals surface area contributed by atoms with Crippen LogP contribution in [0.25, 0.3) is 0 Å². The minimum absolute atomic E-state index is 0.142. The first-order valence-electron chi connectivity index (χ1n) is 8.93. The molecule has 1 unspecified atom stereocenters. The summed E-state index contributed by atoms with van der Waals surface area (Å²) in [5, 5.41) is 2.79. The van der Waals surface area contributed by atoms with Gasteiger partial charge in [-0.2, -0.15) is 0 Å². The van der Waals surface area contributed by atoms with Crippen LogP contribution in [-0.2, 0) is 9.53 Å². The predicted molar refractivity (Wildman–Crippen MR) is 97.3 cm³/mol. The van der Waals surface area contributed by atoms with Crippen molar-refractivity contribution in [3.63, 3.8) is 0 Å². The van der Waals surface area contributed by atoms with Crippen LogP contribution in [0.3, 0.4) is 0 Å². The van der Waals surface area contributed by atoms with Gasteiger partial charge in [-0.3, -0.25) is 4.79 Å². The number of fused-ring (bicyclic) bond motifs is 1. The van der Waals surface area contributed by atoms with Gasteiger partial charge >= 0.3 is 12.1 Å². The molecule has 25 heavy (non-hydrogen) atoms. The Hall–Kier alpha value is -2.24. The van der Waals surface area contributed by atoms with Gasteiger partial charge in [0, 0.05) is 43.7 Å². The van der Waals surface area contributed by atoms with Crippen molar-refractivity contribution in [1.82, 2.24) is 5.32 Å². The van der Waals surface area contributed by atoms with E-state index in [0.717, 1.165) is 37.1 Å². The number of anilines is 1. The molecule has 6 heteroatoms. The predicted octanol–water partition coefficient (Wildman–Crippen LogP) is 3.45. The van der Waals surface area contributed by atoms with Crippen LogP contribution < -0.4 is 15.0 Å². The third-order valence-corrected chi connectivity index (χ3v) is 4.53. The quantitative estimate of drug-likeness (QED) is 0.576. The molecule has 2 rings (SSSR count). The van der Waals surface area contributed by atoms with E-state index < -0.39 is 6.09 Å². The molecule has 0 aromatic heterocycles. The number of esters is 1. The Morgan fingerprint density at radius 2 is 2.12 bits per heavy atom. The Bertz CT molecular complexity index is 603. The molecule has 1 aromatic carbocycles. The number of nitrogens with zero attached hydrogens (tertiary/aromatic N) is 1. The van der Waals surface area contributed by atoms with Crippen LogP contribution in [0, 0.1) is 0 Å². The van der Waals surface area contributed by atoms with Gasteiger partial charge in [-0.15, -0.1) is 0 Å². The molecule has 1 atom stereocenters. The Labute approximate surface area is 149 Å². The third kappa shape index (κ3) is 5.11. The smallest absolute Gasteiger partial charge is 0.412 e. The topological polar surface area (TPSA) is 67.9 Å². The van der Waals surface area contributed by atoms with Crippen molar-refractivity contribution in [2.45, 2.75) is 44.9 Å². The molecule has 1 heterocycles. The second-order valence-electron chi connectivity index (χ2n) is 6.40. The highest BCUT2D eigenvalue weighted by atomic mass is 16.6. The van der Waals surface area contributed by atoms with Crippen molar-refractivity contribution in [3.05, 3.63) is 23.8 Å². The molecule has 138 valence electrons. The summed E-state index contributed by atoms with van der Waals surface area (Å²) < 4.78 is 10.3. The van der Waals surface area contributed by atoms with E-state index in [1.54, 1.807) is 0 Å². The van der Waals surface area contributed by atoms with E-state index in [0.29, 0.717) is 25.1 Å². The lowest BCUT2D eigenvalue weighted by atomic mass is 9.95. The molecule has 0 radical (unpaired) electrons. The number of carbonyl (C=O) groups is 2. The molecule has 1 amide bonds.